The zero-order valence-corrected chi connectivity index (χ0v) is 5.25. The molecule has 0 aromatic carbocycles. The van der Waals surface area contributed by atoms with Crippen molar-refractivity contribution < 1.29 is 0 Å². The van der Waals surface area contributed by atoms with Crippen LogP contribution in [0.25, 0.3) is 0 Å². The minimum Gasteiger partial charge on any atom is -0.277 e. The van der Waals surface area contributed by atoms with Gasteiger partial charge in [0.15, 0.2) is 5.17 Å². The van der Waals surface area contributed by atoms with Crippen LogP contribution in [0.5, 0.6) is 0 Å². The molecule has 0 radical (unpaired) electrons. The Morgan fingerprint density at radius 3 is 2.57 bits per heavy atom. The summed E-state index contributed by atoms with van der Waals surface area (Å²) < 4.78 is 0. The maximum absolute atomic E-state index is 6.90. The fourth-order valence-electron chi connectivity index (χ4n) is 0.170. The van der Waals surface area contributed by atoms with Crippen molar-refractivity contribution in [3.8, 4) is 0 Å². The van der Waals surface area contributed by atoms with Crippen molar-refractivity contribution >= 4 is 23.1 Å². The summed E-state index contributed by atoms with van der Waals surface area (Å²) in [4.78, 5) is 3.66. The maximum Gasteiger partial charge on any atom is 0.179 e. The van der Waals surface area contributed by atoms with E-state index in [9.17, 15) is 0 Å². The monoisotopic (exact) mass is 116 g/mol. The summed E-state index contributed by atoms with van der Waals surface area (Å²) in [5, 5.41) is 7.27. The van der Waals surface area contributed by atoms with Gasteiger partial charge in [0.1, 0.15) is 0 Å². The molecule has 0 aliphatic rings. The molecule has 0 saturated heterocycles. The predicted molar refractivity (Wildman–Crippen MR) is 35.4 cm³/mol. The van der Waals surface area contributed by atoms with E-state index in [1.165, 1.54) is 11.8 Å². The van der Waals surface area contributed by atoms with Gasteiger partial charge in [0.25, 0.3) is 0 Å². The SMILES string of the molecule is CC=NC(=N)SC. The lowest BCUT2D eigenvalue weighted by Gasteiger charge is -1.82. The second kappa shape index (κ2) is 3.87. The van der Waals surface area contributed by atoms with E-state index in [1.54, 1.807) is 13.1 Å². The van der Waals surface area contributed by atoms with Crippen molar-refractivity contribution in [3.05, 3.63) is 0 Å². The highest BCUT2D eigenvalue weighted by molar-refractivity contribution is 8.13. The molecule has 0 aromatic rings. The lowest BCUT2D eigenvalue weighted by molar-refractivity contribution is 1.50. The Balaban J connectivity index is 3.37. The average molecular weight is 116 g/mol. The molecular formula is C4H8N2S. The van der Waals surface area contributed by atoms with Crippen molar-refractivity contribution in [2.75, 3.05) is 6.26 Å². The summed E-state index contributed by atoms with van der Waals surface area (Å²) in [5.41, 5.74) is 0. The number of nitrogens with zero attached hydrogens (tertiary/aromatic N) is 1. The largest absolute Gasteiger partial charge is 0.277 e. The second-order valence-electron chi connectivity index (χ2n) is 0.897. The van der Waals surface area contributed by atoms with Gasteiger partial charge in [-0.1, -0.05) is 11.8 Å². The highest BCUT2D eigenvalue weighted by atomic mass is 32.2. The van der Waals surface area contributed by atoms with Crippen LogP contribution < -0.4 is 0 Å². The fourth-order valence-corrected chi connectivity index (χ4v) is 0.381. The van der Waals surface area contributed by atoms with Crippen LogP contribution in [0.4, 0.5) is 0 Å². The lowest BCUT2D eigenvalue weighted by atomic mass is 10.9. The van der Waals surface area contributed by atoms with Crippen LogP contribution >= 0.6 is 11.8 Å². The molecule has 1 N–H and O–H groups in total. The summed E-state index contributed by atoms with van der Waals surface area (Å²) in [6.07, 6.45) is 3.44. The zero-order valence-electron chi connectivity index (χ0n) is 4.43. The number of nitrogens with one attached hydrogen (secondary N) is 1. The van der Waals surface area contributed by atoms with Crippen LogP contribution in [0.3, 0.4) is 0 Å². The van der Waals surface area contributed by atoms with Crippen LogP contribution in [0, 0.1) is 5.41 Å². The Labute approximate surface area is 47.5 Å². The van der Waals surface area contributed by atoms with E-state index >= 15 is 0 Å². The average Bonchev–Trinajstić information content (AvgIpc) is 1.68. The molecule has 0 fully saturated rings. The Morgan fingerprint density at radius 2 is 2.43 bits per heavy atom. The molecule has 0 saturated carbocycles. The summed E-state index contributed by atoms with van der Waals surface area (Å²) in [6.45, 7) is 1.80. The topological polar surface area (TPSA) is 36.2 Å². The smallest absolute Gasteiger partial charge is 0.179 e. The van der Waals surface area contributed by atoms with Gasteiger partial charge in [-0.15, -0.1) is 0 Å². The predicted octanol–water partition coefficient (Wildman–Crippen LogP) is 1.37. The number of thioether (sulfide) groups is 1. The van der Waals surface area contributed by atoms with E-state index in [2.05, 4.69) is 4.99 Å². The van der Waals surface area contributed by atoms with Crippen LogP contribution in [0.15, 0.2) is 4.99 Å². The van der Waals surface area contributed by atoms with E-state index in [-0.39, 0.29) is 0 Å². The summed E-state index contributed by atoms with van der Waals surface area (Å²) in [6, 6.07) is 0. The van der Waals surface area contributed by atoms with Crippen LogP contribution in [0.1, 0.15) is 6.92 Å². The molecule has 0 atom stereocenters. The lowest BCUT2D eigenvalue weighted by Crippen LogP contribution is -1.78. The third-order valence-electron chi connectivity index (χ3n) is 0.440. The number of hydrogen-bond acceptors (Lipinski definition) is 2. The van der Waals surface area contributed by atoms with E-state index in [0.717, 1.165) is 0 Å². The molecule has 0 unspecified atom stereocenters. The molecule has 40 valence electrons. The van der Waals surface area contributed by atoms with Gasteiger partial charge in [-0.25, -0.2) is 4.99 Å². The van der Waals surface area contributed by atoms with Gasteiger partial charge in [0, 0.05) is 6.21 Å². The quantitative estimate of drug-likeness (QED) is 0.376. The van der Waals surface area contributed by atoms with Gasteiger partial charge in [-0.2, -0.15) is 0 Å². The molecule has 2 nitrogen and oxygen atoms in total. The molecule has 0 rings (SSSR count). The minimum atomic E-state index is 0.363. The van der Waals surface area contributed by atoms with E-state index in [4.69, 9.17) is 5.41 Å². The number of aliphatic imine (C=N–C) groups is 1. The number of hydrogen-bond donors (Lipinski definition) is 1. The molecule has 0 amide bonds. The molecule has 0 aromatic heterocycles. The van der Waals surface area contributed by atoms with Crippen molar-refractivity contribution in [1.29, 1.82) is 5.41 Å². The Bertz CT molecular complexity index is 87.7. The molecule has 0 aliphatic carbocycles. The van der Waals surface area contributed by atoms with Crippen molar-refractivity contribution in [2.45, 2.75) is 6.92 Å². The van der Waals surface area contributed by atoms with Crippen molar-refractivity contribution in [3.63, 3.8) is 0 Å². The van der Waals surface area contributed by atoms with Crippen molar-refractivity contribution in [1.82, 2.24) is 0 Å². The minimum absolute atomic E-state index is 0.363. The molecular weight excluding hydrogens is 108 g/mol. The van der Waals surface area contributed by atoms with Gasteiger partial charge >= 0.3 is 0 Å². The number of rotatable bonds is 0. The van der Waals surface area contributed by atoms with Crippen LogP contribution in [0.2, 0.25) is 0 Å². The third-order valence-corrected chi connectivity index (χ3v) is 0.932. The van der Waals surface area contributed by atoms with E-state index in [1.807, 2.05) is 6.26 Å². The molecule has 0 aliphatic heterocycles. The summed E-state index contributed by atoms with van der Waals surface area (Å²) in [7, 11) is 0. The van der Waals surface area contributed by atoms with E-state index in [0.29, 0.717) is 5.17 Å². The summed E-state index contributed by atoms with van der Waals surface area (Å²) >= 11 is 1.33. The zero-order chi connectivity index (χ0) is 5.70. The van der Waals surface area contributed by atoms with Gasteiger partial charge in [0.2, 0.25) is 0 Å². The first-order valence-electron chi connectivity index (χ1n) is 1.92. The molecule has 0 heterocycles. The summed E-state index contributed by atoms with van der Waals surface area (Å²) in [5.74, 6) is 0. The molecule has 0 spiro atoms. The van der Waals surface area contributed by atoms with Crippen LogP contribution in [-0.4, -0.2) is 17.6 Å². The molecule has 3 heteroatoms. The third kappa shape index (κ3) is 3.52. The number of amidine groups is 1. The second-order valence-corrected chi connectivity index (χ2v) is 1.69. The van der Waals surface area contributed by atoms with Crippen molar-refractivity contribution in [2.24, 2.45) is 4.99 Å². The first-order chi connectivity index (χ1) is 3.31. The molecule has 0 bridgehead atoms. The fraction of sp³-hybridized carbons (Fsp3) is 0.500. The van der Waals surface area contributed by atoms with Gasteiger partial charge < -0.3 is 0 Å². The van der Waals surface area contributed by atoms with Gasteiger partial charge in [-0.3, -0.25) is 5.41 Å². The normalized spacial score (nSPS) is 10.0. The van der Waals surface area contributed by atoms with Gasteiger partial charge in [-0.05, 0) is 13.2 Å². The Hall–Kier alpha value is -0.310. The molecule has 7 heavy (non-hydrogen) atoms. The highest BCUT2D eigenvalue weighted by Crippen LogP contribution is 1.93. The Kier molecular flexibility index (Phi) is 3.69. The van der Waals surface area contributed by atoms with E-state index < -0.39 is 0 Å². The highest BCUT2D eigenvalue weighted by Gasteiger charge is 1.79. The van der Waals surface area contributed by atoms with Gasteiger partial charge in [0.05, 0.1) is 0 Å². The van der Waals surface area contributed by atoms with Crippen LogP contribution in [-0.2, 0) is 0 Å². The Morgan fingerprint density at radius 1 is 1.86 bits per heavy atom. The first-order valence-corrected chi connectivity index (χ1v) is 3.15. The standard InChI is InChI=1S/C4H8N2S/c1-3-6-4(5)7-2/h3,5H,1-2H3. The maximum atomic E-state index is 6.90. The first kappa shape index (κ1) is 6.69.